The number of halogens is 1. The molecule has 2 aromatic heterocycles. The molecule has 28 heavy (non-hydrogen) atoms. The molecule has 3 aromatic rings. The van der Waals surface area contributed by atoms with Crippen molar-refractivity contribution in [2.45, 2.75) is 12.8 Å². The Balaban J connectivity index is 1.33. The summed E-state index contributed by atoms with van der Waals surface area (Å²) in [7, 11) is 0. The van der Waals surface area contributed by atoms with Crippen molar-refractivity contribution < 1.29 is 4.79 Å². The molecule has 3 heterocycles. The third kappa shape index (κ3) is 4.36. The second kappa shape index (κ2) is 8.48. The Kier molecular flexibility index (Phi) is 5.62. The van der Waals surface area contributed by atoms with Crippen LogP contribution in [0.3, 0.4) is 0 Å². The van der Waals surface area contributed by atoms with E-state index in [0.717, 1.165) is 53.2 Å². The van der Waals surface area contributed by atoms with E-state index in [4.69, 9.17) is 0 Å². The molecule has 1 fully saturated rings. The summed E-state index contributed by atoms with van der Waals surface area (Å²) < 4.78 is 0.995. The van der Waals surface area contributed by atoms with E-state index in [9.17, 15) is 4.79 Å². The highest BCUT2D eigenvalue weighted by Gasteiger charge is 2.25. The van der Waals surface area contributed by atoms with Crippen LogP contribution < -0.4 is 10.2 Å². The van der Waals surface area contributed by atoms with Gasteiger partial charge in [0.1, 0.15) is 0 Å². The molecule has 0 unspecified atom stereocenters. The lowest BCUT2D eigenvalue weighted by Crippen LogP contribution is -2.38. The first-order chi connectivity index (χ1) is 13.7. The highest BCUT2D eigenvalue weighted by atomic mass is 79.9. The van der Waals surface area contributed by atoms with Gasteiger partial charge in [-0.25, -0.2) is 0 Å². The van der Waals surface area contributed by atoms with Gasteiger partial charge in [0.15, 0.2) is 5.82 Å². The number of nitrogens with one attached hydrogen (secondary N) is 1. The second-order valence-corrected chi connectivity index (χ2v) is 7.69. The first-order valence-corrected chi connectivity index (χ1v) is 10.0. The number of piperidine rings is 1. The Bertz CT molecular complexity index is 923. The lowest BCUT2D eigenvalue weighted by atomic mass is 9.96. The molecule has 0 aliphatic carbocycles. The van der Waals surface area contributed by atoms with Gasteiger partial charge >= 0.3 is 0 Å². The Labute approximate surface area is 172 Å². The van der Waals surface area contributed by atoms with Gasteiger partial charge in [-0.05, 0) is 61.4 Å². The lowest BCUT2D eigenvalue weighted by Gasteiger charge is -2.31. The molecule has 4 rings (SSSR count). The number of anilines is 2. The number of hydrogen-bond acceptors (Lipinski definition) is 5. The van der Waals surface area contributed by atoms with Crippen molar-refractivity contribution in [2.24, 2.45) is 5.92 Å². The minimum absolute atomic E-state index is 0.0175. The van der Waals surface area contributed by atoms with Gasteiger partial charge < -0.3 is 10.2 Å². The third-order valence-corrected chi connectivity index (χ3v) is 5.46. The first-order valence-electron chi connectivity index (χ1n) is 9.24. The summed E-state index contributed by atoms with van der Waals surface area (Å²) in [6.45, 7) is 1.59. The van der Waals surface area contributed by atoms with Crippen molar-refractivity contribution >= 4 is 33.3 Å². The fourth-order valence-corrected chi connectivity index (χ4v) is 3.58. The minimum atomic E-state index is 0.0175. The molecule has 0 spiro atoms. The van der Waals surface area contributed by atoms with Gasteiger partial charge in [0.05, 0.1) is 5.69 Å². The van der Waals surface area contributed by atoms with Crippen LogP contribution in [-0.4, -0.2) is 34.2 Å². The number of nitrogens with zero attached hydrogens (tertiary/aromatic N) is 4. The predicted octanol–water partition coefficient (Wildman–Crippen LogP) is 4.16. The molecule has 0 saturated carbocycles. The lowest BCUT2D eigenvalue weighted by molar-refractivity contribution is -0.120. The summed E-state index contributed by atoms with van der Waals surface area (Å²) in [4.78, 5) is 18.7. The summed E-state index contributed by atoms with van der Waals surface area (Å²) in [5, 5.41) is 11.7. The third-order valence-electron chi connectivity index (χ3n) is 4.93. The topological polar surface area (TPSA) is 71.0 Å². The average molecular weight is 438 g/mol. The van der Waals surface area contributed by atoms with Crippen LogP contribution in [0.4, 0.5) is 11.5 Å². The van der Waals surface area contributed by atoms with E-state index < -0.39 is 0 Å². The van der Waals surface area contributed by atoms with Crippen molar-refractivity contribution in [1.29, 1.82) is 0 Å². The molecule has 1 aromatic carbocycles. The average Bonchev–Trinajstić information content (AvgIpc) is 2.76. The number of carbonyl (C=O) groups is 1. The van der Waals surface area contributed by atoms with Gasteiger partial charge in [0.2, 0.25) is 5.91 Å². The molecule has 0 bridgehead atoms. The summed E-state index contributed by atoms with van der Waals surface area (Å²) in [6.07, 6.45) is 5.09. The van der Waals surface area contributed by atoms with Crippen LogP contribution in [0.15, 0.2) is 65.4 Å². The zero-order valence-corrected chi connectivity index (χ0v) is 16.8. The highest BCUT2D eigenvalue weighted by Crippen LogP contribution is 2.24. The number of hydrogen-bond donors (Lipinski definition) is 1. The standard InChI is InChI=1S/C21H20BrN5O/c22-17-1-3-18(4-2-17)24-21(28)16-9-13-27(14-10-16)20-6-5-19(25-26-20)15-7-11-23-12-8-15/h1-8,11-12,16H,9-10,13-14H2,(H,24,28). The Morgan fingerprint density at radius 3 is 2.32 bits per heavy atom. The summed E-state index contributed by atoms with van der Waals surface area (Å²) >= 11 is 3.40. The zero-order chi connectivity index (χ0) is 19.3. The fraction of sp³-hybridized carbons (Fsp3) is 0.238. The van der Waals surface area contributed by atoms with Gasteiger partial charge in [-0.3, -0.25) is 9.78 Å². The van der Waals surface area contributed by atoms with Crippen LogP contribution in [0.2, 0.25) is 0 Å². The van der Waals surface area contributed by atoms with Crippen molar-refractivity contribution in [1.82, 2.24) is 15.2 Å². The van der Waals surface area contributed by atoms with Crippen LogP contribution in [0, 0.1) is 5.92 Å². The molecule has 142 valence electrons. The van der Waals surface area contributed by atoms with E-state index in [2.05, 4.69) is 41.3 Å². The Hall–Kier alpha value is -2.80. The van der Waals surface area contributed by atoms with E-state index in [1.54, 1.807) is 12.4 Å². The number of carbonyl (C=O) groups excluding carboxylic acids is 1. The maximum Gasteiger partial charge on any atom is 0.227 e. The SMILES string of the molecule is O=C(Nc1ccc(Br)cc1)C1CCN(c2ccc(-c3ccncc3)nn2)CC1. The fourth-order valence-electron chi connectivity index (χ4n) is 3.32. The number of pyridine rings is 1. The van der Waals surface area contributed by atoms with E-state index in [1.165, 1.54) is 0 Å². The largest absolute Gasteiger partial charge is 0.355 e. The summed E-state index contributed by atoms with van der Waals surface area (Å²) in [5.41, 5.74) is 2.65. The quantitative estimate of drug-likeness (QED) is 0.663. The number of aromatic nitrogens is 3. The van der Waals surface area contributed by atoms with Gasteiger partial charge in [-0.1, -0.05) is 15.9 Å². The molecule has 0 atom stereocenters. The van der Waals surface area contributed by atoms with Gasteiger partial charge in [-0.15, -0.1) is 10.2 Å². The summed E-state index contributed by atoms with van der Waals surface area (Å²) in [6, 6.07) is 15.4. The number of rotatable bonds is 4. The van der Waals surface area contributed by atoms with Crippen molar-refractivity contribution in [2.75, 3.05) is 23.3 Å². The smallest absolute Gasteiger partial charge is 0.227 e. The Morgan fingerprint density at radius 2 is 1.68 bits per heavy atom. The molecule has 7 heteroatoms. The molecule has 1 N–H and O–H groups in total. The van der Waals surface area contributed by atoms with Crippen molar-refractivity contribution in [3.63, 3.8) is 0 Å². The van der Waals surface area contributed by atoms with Crippen LogP contribution in [0.1, 0.15) is 12.8 Å². The second-order valence-electron chi connectivity index (χ2n) is 6.77. The van der Waals surface area contributed by atoms with Crippen LogP contribution in [0.25, 0.3) is 11.3 Å². The molecule has 0 radical (unpaired) electrons. The molecule has 1 aliphatic rings. The highest BCUT2D eigenvalue weighted by molar-refractivity contribution is 9.10. The first kappa shape index (κ1) is 18.6. The van der Waals surface area contributed by atoms with Gasteiger partial charge in [0, 0.05) is 47.1 Å². The zero-order valence-electron chi connectivity index (χ0n) is 15.3. The van der Waals surface area contributed by atoms with E-state index >= 15 is 0 Å². The predicted molar refractivity (Wildman–Crippen MR) is 113 cm³/mol. The van der Waals surface area contributed by atoms with Gasteiger partial charge in [-0.2, -0.15) is 0 Å². The molecular weight excluding hydrogens is 418 g/mol. The van der Waals surface area contributed by atoms with E-state index in [-0.39, 0.29) is 11.8 Å². The summed E-state index contributed by atoms with van der Waals surface area (Å²) in [5.74, 6) is 0.953. The molecule has 1 amide bonds. The molecule has 6 nitrogen and oxygen atoms in total. The minimum Gasteiger partial charge on any atom is -0.355 e. The monoisotopic (exact) mass is 437 g/mol. The molecule has 1 saturated heterocycles. The Morgan fingerprint density at radius 1 is 0.964 bits per heavy atom. The maximum absolute atomic E-state index is 12.5. The van der Waals surface area contributed by atoms with Crippen molar-refractivity contribution in [3.8, 4) is 11.3 Å². The number of amides is 1. The van der Waals surface area contributed by atoms with E-state index in [0.29, 0.717) is 0 Å². The maximum atomic E-state index is 12.5. The van der Waals surface area contributed by atoms with Gasteiger partial charge in [0.25, 0.3) is 0 Å². The van der Waals surface area contributed by atoms with Crippen LogP contribution >= 0.6 is 15.9 Å². The number of benzene rings is 1. The van der Waals surface area contributed by atoms with Crippen LogP contribution in [-0.2, 0) is 4.79 Å². The molecular formula is C21H20BrN5O. The molecule has 1 aliphatic heterocycles. The van der Waals surface area contributed by atoms with Crippen LogP contribution in [0.5, 0.6) is 0 Å². The van der Waals surface area contributed by atoms with Crippen molar-refractivity contribution in [3.05, 3.63) is 65.4 Å². The van der Waals surface area contributed by atoms with E-state index in [1.807, 2.05) is 48.5 Å². The normalized spacial score (nSPS) is 14.7.